The van der Waals surface area contributed by atoms with E-state index in [2.05, 4.69) is 24.1 Å². The molecule has 1 aliphatic carbocycles. The molecule has 0 saturated heterocycles. The lowest BCUT2D eigenvalue weighted by Gasteiger charge is -2.33. The highest BCUT2D eigenvalue weighted by atomic mass is 16.1. The van der Waals surface area contributed by atoms with E-state index in [9.17, 15) is 4.79 Å². The molecule has 1 aromatic heterocycles. The van der Waals surface area contributed by atoms with Crippen molar-refractivity contribution < 1.29 is 4.79 Å². The van der Waals surface area contributed by atoms with Crippen LogP contribution >= 0.6 is 0 Å². The van der Waals surface area contributed by atoms with Crippen LogP contribution in [0.1, 0.15) is 43.5 Å². The fourth-order valence-corrected chi connectivity index (χ4v) is 2.83. The summed E-state index contributed by atoms with van der Waals surface area (Å²) < 4.78 is 0. The SMILES string of the molecule is CC1CCC(Nc2cc(C(N)=O)c(N)cn2)C(C)C1. The van der Waals surface area contributed by atoms with E-state index in [0.717, 1.165) is 12.3 Å². The number of nitrogens with zero attached hydrogens (tertiary/aromatic N) is 1. The second-order valence-corrected chi connectivity index (χ2v) is 5.67. The Morgan fingerprint density at radius 1 is 1.42 bits per heavy atom. The summed E-state index contributed by atoms with van der Waals surface area (Å²) in [7, 11) is 0. The van der Waals surface area contributed by atoms with Gasteiger partial charge in [0.15, 0.2) is 0 Å². The lowest BCUT2D eigenvalue weighted by atomic mass is 9.80. The van der Waals surface area contributed by atoms with E-state index in [4.69, 9.17) is 11.5 Å². The summed E-state index contributed by atoms with van der Waals surface area (Å²) in [5.41, 5.74) is 11.6. The van der Waals surface area contributed by atoms with Crippen molar-refractivity contribution in [3.63, 3.8) is 0 Å². The number of nitrogen functional groups attached to an aromatic ring is 1. The Hall–Kier alpha value is -1.78. The normalized spacial score (nSPS) is 26.9. The van der Waals surface area contributed by atoms with Gasteiger partial charge in [0.2, 0.25) is 0 Å². The number of nitrogens with one attached hydrogen (secondary N) is 1. The second kappa shape index (κ2) is 5.47. The molecule has 5 N–H and O–H groups in total. The van der Waals surface area contributed by atoms with Gasteiger partial charge in [-0.2, -0.15) is 0 Å². The van der Waals surface area contributed by atoms with E-state index < -0.39 is 5.91 Å². The van der Waals surface area contributed by atoms with Crippen LogP contribution in [0.3, 0.4) is 0 Å². The monoisotopic (exact) mass is 262 g/mol. The van der Waals surface area contributed by atoms with E-state index in [0.29, 0.717) is 29.0 Å². The van der Waals surface area contributed by atoms with E-state index in [-0.39, 0.29) is 0 Å². The molecule has 5 nitrogen and oxygen atoms in total. The standard InChI is InChI=1S/C14H22N4O/c1-8-3-4-12(9(2)5-8)18-13-6-10(14(16)19)11(15)7-17-13/h6-9,12H,3-5,15H2,1-2H3,(H2,16,19)(H,17,18). The molecule has 1 fully saturated rings. The molecule has 0 radical (unpaired) electrons. The molecule has 1 amide bonds. The molecule has 19 heavy (non-hydrogen) atoms. The van der Waals surface area contributed by atoms with Gasteiger partial charge in [0, 0.05) is 6.04 Å². The highest BCUT2D eigenvalue weighted by Gasteiger charge is 2.25. The molecule has 3 unspecified atom stereocenters. The number of hydrogen-bond acceptors (Lipinski definition) is 4. The van der Waals surface area contributed by atoms with Crippen LogP contribution in [0.4, 0.5) is 11.5 Å². The Bertz CT molecular complexity index is 475. The minimum absolute atomic E-state index is 0.323. The Kier molecular flexibility index (Phi) is 3.93. The Morgan fingerprint density at radius 3 is 2.79 bits per heavy atom. The van der Waals surface area contributed by atoms with Gasteiger partial charge >= 0.3 is 0 Å². The first-order valence-corrected chi connectivity index (χ1v) is 6.79. The molecule has 1 aromatic rings. The van der Waals surface area contributed by atoms with Gasteiger partial charge in [0.05, 0.1) is 17.4 Å². The molecule has 0 spiro atoms. The third-order valence-corrected chi connectivity index (χ3v) is 3.97. The highest BCUT2D eigenvalue weighted by Crippen LogP contribution is 2.30. The van der Waals surface area contributed by atoms with Crippen molar-refractivity contribution in [2.75, 3.05) is 11.1 Å². The highest BCUT2D eigenvalue weighted by molar-refractivity contribution is 5.98. The molecule has 3 atom stereocenters. The van der Waals surface area contributed by atoms with Crippen LogP contribution in [0.25, 0.3) is 0 Å². The average Bonchev–Trinajstić information content (AvgIpc) is 2.34. The Morgan fingerprint density at radius 2 is 2.16 bits per heavy atom. The van der Waals surface area contributed by atoms with Crippen LogP contribution in [0.2, 0.25) is 0 Å². The van der Waals surface area contributed by atoms with Gasteiger partial charge in [0.25, 0.3) is 5.91 Å². The van der Waals surface area contributed by atoms with Crippen LogP contribution in [-0.4, -0.2) is 16.9 Å². The number of hydrogen-bond donors (Lipinski definition) is 3. The number of pyridine rings is 1. The summed E-state index contributed by atoms with van der Waals surface area (Å²) in [5.74, 6) is 1.54. The van der Waals surface area contributed by atoms with Crippen molar-refractivity contribution >= 4 is 17.4 Å². The van der Waals surface area contributed by atoms with Crippen LogP contribution in [0.15, 0.2) is 12.3 Å². The molecule has 104 valence electrons. The summed E-state index contributed by atoms with van der Waals surface area (Å²) in [6.45, 7) is 4.54. The lowest BCUT2D eigenvalue weighted by Crippen LogP contribution is -2.33. The summed E-state index contributed by atoms with van der Waals surface area (Å²) in [5, 5.41) is 3.40. The first kappa shape index (κ1) is 13.6. The Balaban J connectivity index is 2.11. The fraction of sp³-hybridized carbons (Fsp3) is 0.571. The van der Waals surface area contributed by atoms with Crippen LogP contribution in [0, 0.1) is 11.8 Å². The summed E-state index contributed by atoms with van der Waals surface area (Å²) in [6.07, 6.45) is 5.05. The predicted molar refractivity (Wildman–Crippen MR) is 76.8 cm³/mol. The quantitative estimate of drug-likeness (QED) is 0.776. The first-order valence-electron chi connectivity index (χ1n) is 6.79. The minimum atomic E-state index is -0.520. The maximum atomic E-state index is 11.3. The van der Waals surface area contributed by atoms with Gasteiger partial charge in [-0.25, -0.2) is 4.98 Å². The van der Waals surface area contributed by atoms with Crippen LogP contribution in [-0.2, 0) is 0 Å². The van der Waals surface area contributed by atoms with Crippen molar-refractivity contribution in [2.24, 2.45) is 17.6 Å². The third-order valence-electron chi connectivity index (χ3n) is 3.97. The summed E-state index contributed by atoms with van der Waals surface area (Å²) in [4.78, 5) is 15.5. The van der Waals surface area contributed by atoms with Gasteiger partial charge < -0.3 is 16.8 Å². The largest absolute Gasteiger partial charge is 0.397 e. The van der Waals surface area contributed by atoms with Crippen molar-refractivity contribution in [3.05, 3.63) is 17.8 Å². The molecule has 2 rings (SSSR count). The maximum Gasteiger partial charge on any atom is 0.250 e. The fourth-order valence-electron chi connectivity index (χ4n) is 2.83. The summed E-state index contributed by atoms with van der Waals surface area (Å²) in [6, 6.07) is 2.04. The van der Waals surface area contributed by atoms with Gasteiger partial charge in [-0.1, -0.05) is 13.8 Å². The van der Waals surface area contributed by atoms with Crippen LogP contribution < -0.4 is 16.8 Å². The zero-order valence-electron chi connectivity index (χ0n) is 11.5. The number of amides is 1. The number of primary amides is 1. The number of rotatable bonds is 3. The van der Waals surface area contributed by atoms with Gasteiger partial charge in [-0.15, -0.1) is 0 Å². The van der Waals surface area contributed by atoms with Gasteiger partial charge in [-0.3, -0.25) is 4.79 Å². The van der Waals surface area contributed by atoms with E-state index in [1.807, 2.05) is 0 Å². The molecule has 5 heteroatoms. The van der Waals surface area contributed by atoms with Crippen molar-refractivity contribution in [1.82, 2.24) is 4.98 Å². The third kappa shape index (κ3) is 3.16. The molecule has 1 saturated carbocycles. The average molecular weight is 262 g/mol. The lowest BCUT2D eigenvalue weighted by molar-refractivity contribution is 0.100. The first-order chi connectivity index (χ1) is 8.97. The number of carbonyl (C=O) groups is 1. The molecule has 1 heterocycles. The van der Waals surface area contributed by atoms with Crippen molar-refractivity contribution in [1.29, 1.82) is 0 Å². The maximum absolute atomic E-state index is 11.3. The number of aromatic nitrogens is 1. The smallest absolute Gasteiger partial charge is 0.250 e. The number of nitrogens with two attached hydrogens (primary N) is 2. The minimum Gasteiger partial charge on any atom is -0.397 e. The Labute approximate surface area is 113 Å². The van der Waals surface area contributed by atoms with Gasteiger partial charge in [-0.05, 0) is 37.2 Å². The molecule has 1 aliphatic rings. The number of anilines is 2. The zero-order chi connectivity index (χ0) is 14.0. The molecule has 0 bridgehead atoms. The van der Waals surface area contributed by atoms with E-state index in [1.54, 1.807) is 6.07 Å². The topological polar surface area (TPSA) is 94.0 Å². The molecule has 0 aromatic carbocycles. The van der Waals surface area contributed by atoms with Gasteiger partial charge in [0.1, 0.15) is 5.82 Å². The van der Waals surface area contributed by atoms with Crippen molar-refractivity contribution in [3.8, 4) is 0 Å². The zero-order valence-corrected chi connectivity index (χ0v) is 11.5. The molecular weight excluding hydrogens is 240 g/mol. The number of carbonyl (C=O) groups excluding carboxylic acids is 1. The molecule has 0 aliphatic heterocycles. The summed E-state index contributed by atoms with van der Waals surface area (Å²) >= 11 is 0. The van der Waals surface area contributed by atoms with E-state index in [1.165, 1.54) is 19.0 Å². The van der Waals surface area contributed by atoms with Crippen LogP contribution in [0.5, 0.6) is 0 Å². The van der Waals surface area contributed by atoms with E-state index >= 15 is 0 Å². The molecular formula is C14H22N4O. The second-order valence-electron chi connectivity index (χ2n) is 5.67. The van der Waals surface area contributed by atoms with Crippen molar-refractivity contribution in [2.45, 2.75) is 39.2 Å². The predicted octanol–water partition coefficient (Wildman–Crippen LogP) is 2.00.